The second-order valence-electron chi connectivity index (χ2n) is 3.89. The van der Waals surface area contributed by atoms with Gasteiger partial charge in [0.05, 0.1) is 13.1 Å². The van der Waals surface area contributed by atoms with E-state index >= 15 is 0 Å². The highest BCUT2D eigenvalue weighted by atomic mass is 15.5. The fraction of sp³-hybridized carbons (Fsp3) is 0.500. The fourth-order valence-corrected chi connectivity index (χ4v) is 2.32. The molecule has 0 bridgehead atoms. The van der Waals surface area contributed by atoms with Crippen LogP contribution >= 0.6 is 0 Å². The SMILES string of the molecule is c1nc2n(n1)[C@@H]1NCc3ncnn3[C@@H]1NC2. The lowest BCUT2D eigenvalue weighted by Crippen LogP contribution is -2.50. The van der Waals surface area contributed by atoms with Crippen molar-refractivity contribution in [2.24, 2.45) is 0 Å². The van der Waals surface area contributed by atoms with Gasteiger partial charge in [0, 0.05) is 0 Å². The van der Waals surface area contributed by atoms with Crippen LogP contribution in [0.5, 0.6) is 0 Å². The highest BCUT2D eigenvalue weighted by Gasteiger charge is 2.36. The Morgan fingerprint density at radius 1 is 0.938 bits per heavy atom. The molecule has 4 heterocycles. The molecule has 0 fully saturated rings. The molecule has 2 aromatic heterocycles. The monoisotopic (exact) mass is 218 g/mol. The molecule has 2 aromatic rings. The summed E-state index contributed by atoms with van der Waals surface area (Å²) in [7, 11) is 0. The van der Waals surface area contributed by atoms with Gasteiger partial charge in [-0.05, 0) is 0 Å². The van der Waals surface area contributed by atoms with Crippen LogP contribution in [0, 0.1) is 0 Å². The smallest absolute Gasteiger partial charge is 0.142 e. The van der Waals surface area contributed by atoms with E-state index in [1.54, 1.807) is 12.7 Å². The van der Waals surface area contributed by atoms with Crippen LogP contribution in [-0.4, -0.2) is 29.5 Å². The summed E-state index contributed by atoms with van der Waals surface area (Å²) in [6.07, 6.45) is 3.27. The number of nitrogens with one attached hydrogen (secondary N) is 2. The third-order valence-corrected chi connectivity index (χ3v) is 3.06. The molecule has 0 saturated heterocycles. The predicted octanol–water partition coefficient (Wildman–Crippen LogP) is -1.23. The lowest BCUT2D eigenvalue weighted by Gasteiger charge is -2.37. The van der Waals surface area contributed by atoms with E-state index in [4.69, 9.17) is 0 Å². The van der Waals surface area contributed by atoms with Crippen LogP contribution in [0.25, 0.3) is 0 Å². The number of fused-ring (bicyclic) bond motifs is 5. The summed E-state index contributed by atoms with van der Waals surface area (Å²) >= 11 is 0. The summed E-state index contributed by atoms with van der Waals surface area (Å²) in [5, 5.41) is 15.2. The minimum absolute atomic E-state index is 0.0560. The number of hydrogen-bond acceptors (Lipinski definition) is 6. The molecule has 82 valence electrons. The van der Waals surface area contributed by atoms with E-state index in [1.807, 2.05) is 9.36 Å². The topological polar surface area (TPSA) is 85.5 Å². The Kier molecular flexibility index (Phi) is 1.50. The molecule has 0 spiro atoms. The molecule has 0 unspecified atom stereocenters. The second kappa shape index (κ2) is 2.86. The van der Waals surface area contributed by atoms with Gasteiger partial charge in [0.25, 0.3) is 0 Å². The van der Waals surface area contributed by atoms with Crippen molar-refractivity contribution < 1.29 is 0 Å². The van der Waals surface area contributed by atoms with Crippen LogP contribution in [0.4, 0.5) is 0 Å². The van der Waals surface area contributed by atoms with Crippen LogP contribution in [0.1, 0.15) is 24.0 Å². The molecule has 8 nitrogen and oxygen atoms in total. The molecular formula is C8H10N8. The first-order chi connectivity index (χ1) is 7.93. The number of rotatable bonds is 0. The molecule has 0 radical (unpaired) electrons. The molecule has 2 aliphatic rings. The molecule has 2 atom stereocenters. The number of nitrogens with zero attached hydrogens (tertiary/aromatic N) is 6. The van der Waals surface area contributed by atoms with Crippen molar-refractivity contribution in [2.75, 3.05) is 0 Å². The Morgan fingerprint density at radius 3 is 1.94 bits per heavy atom. The van der Waals surface area contributed by atoms with Crippen LogP contribution in [0.3, 0.4) is 0 Å². The molecule has 2 aliphatic heterocycles. The van der Waals surface area contributed by atoms with Gasteiger partial charge >= 0.3 is 0 Å². The van der Waals surface area contributed by atoms with Crippen LogP contribution in [-0.2, 0) is 13.1 Å². The molecule has 2 N–H and O–H groups in total. The van der Waals surface area contributed by atoms with E-state index < -0.39 is 0 Å². The van der Waals surface area contributed by atoms with Crippen molar-refractivity contribution >= 4 is 0 Å². The maximum Gasteiger partial charge on any atom is 0.142 e. The molecular weight excluding hydrogens is 208 g/mol. The summed E-state index contributed by atoms with van der Waals surface area (Å²) < 4.78 is 3.82. The Balaban J connectivity index is 1.84. The Labute approximate surface area is 90.7 Å². The summed E-state index contributed by atoms with van der Waals surface area (Å²) in [5.74, 6) is 1.88. The maximum absolute atomic E-state index is 4.24. The van der Waals surface area contributed by atoms with Crippen LogP contribution < -0.4 is 10.6 Å². The van der Waals surface area contributed by atoms with Gasteiger partial charge in [-0.1, -0.05) is 0 Å². The van der Waals surface area contributed by atoms with Crippen LogP contribution in [0.2, 0.25) is 0 Å². The zero-order chi connectivity index (χ0) is 10.5. The molecule has 0 aromatic carbocycles. The van der Waals surface area contributed by atoms with Gasteiger partial charge in [0.2, 0.25) is 0 Å². The zero-order valence-electron chi connectivity index (χ0n) is 8.41. The lowest BCUT2D eigenvalue weighted by atomic mass is 10.2. The van der Waals surface area contributed by atoms with Crippen molar-refractivity contribution in [3.8, 4) is 0 Å². The van der Waals surface area contributed by atoms with E-state index in [0.29, 0.717) is 13.1 Å². The highest BCUT2D eigenvalue weighted by Crippen LogP contribution is 2.27. The first kappa shape index (κ1) is 8.36. The molecule has 0 aliphatic carbocycles. The predicted molar refractivity (Wildman–Crippen MR) is 51.8 cm³/mol. The van der Waals surface area contributed by atoms with Crippen molar-refractivity contribution in [3.63, 3.8) is 0 Å². The van der Waals surface area contributed by atoms with Gasteiger partial charge in [-0.3, -0.25) is 10.6 Å². The van der Waals surface area contributed by atoms with E-state index in [9.17, 15) is 0 Å². The van der Waals surface area contributed by atoms with Gasteiger partial charge in [-0.15, -0.1) is 0 Å². The van der Waals surface area contributed by atoms with Crippen LogP contribution in [0.15, 0.2) is 12.7 Å². The summed E-state index contributed by atoms with van der Waals surface area (Å²) in [6.45, 7) is 1.39. The summed E-state index contributed by atoms with van der Waals surface area (Å²) in [4.78, 5) is 8.39. The van der Waals surface area contributed by atoms with E-state index in [0.717, 1.165) is 11.6 Å². The second-order valence-corrected chi connectivity index (χ2v) is 3.89. The van der Waals surface area contributed by atoms with Gasteiger partial charge in [0.15, 0.2) is 0 Å². The highest BCUT2D eigenvalue weighted by molar-refractivity contribution is 5.00. The third-order valence-electron chi connectivity index (χ3n) is 3.06. The van der Waals surface area contributed by atoms with Crippen molar-refractivity contribution in [2.45, 2.75) is 25.4 Å². The Bertz CT molecular complexity index is 479. The van der Waals surface area contributed by atoms with Gasteiger partial charge < -0.3 is 0 Å². The minimum Gasteiger partial charge on any atom is -0.285 e. The molecule has 16 heavy (non-hydrogen) atoms. The van der Waals surface area contributed by atoms with Crippen molar-refractivity contribution in [1.29, 1.82) is 0 Å². The molecule has 0 amide bonds. The lowest BCUT2D eigenvalue weighted by molar-refractivity contribution is 0.135. The zero-order valence-corrected chi connectivity index (χ0v) is 8.41. The minimum atomic E-state index is 0.0560. The summed E-state index contributed by atoms with van der Waals surface area (Å²) in [6, 6.07) is 0. The largest absolute Gasteiger partial charge is 0.285 e. The number of aromatic nitrogens is 6. The fourth-order valence-electron chi connectivity index (χ4n) is 2.32. The molecule has 8 heteroatoms. The average Bonchev–Trinajstić information content (AvgIpc) is 2.96. The molecule has 0 saturated carbocycles. The number of hydrogen-bond donors (Lipinski definition) is 2. The first-order valence-electron chi connectivity index (χ1n) is 5.17. The first-order valence-corrected chi connectivity index (χ1v) is 5.17. The quantitative estimate of drug-likeness (QED) is 0.576. The molecule has 4 rings (SSSR count). The Hall–Kier alpha value is -1.80. The van der Waals surface area contributed by atoms with Gasteiger partial charge in [-0.25, -0.2) is 19.3 Å². The Morgan fingerprint density at radius 2 is 1.44 bits per heavy atom. The van der Waals surface area contributed by atoms with E-state index in [-0.39, 0.29) is 12.3 Å². The van der Waals surface area contributed by atoms with E-state index in [2.05, 4.69) is 30.8 Å². The maximum atomic E-state index is 4.24. The summed E-state index contributed by atoms with van der Waals surface area (Å²) in [5.41, 5.74) is 0. The normalized spacial score (nSPS) is 27.0. The third kappa shape index (κ3) is 0.947. The average molecular weight is 218 g/mol. The van der Waals surface area contributed by atoms with E-state index in [1.165, 1.54) is 0 Å². The van der Waals surface area contributed by atoms with Gasteiger partial charge in [0.1, 0.15) is 36.6 Å². The van der Waals surface area contributed by atoms with Crippen molar-refractivity contribution in [1.82, 2.24) is 40.2 Å². The van der Waals surface area contributed by atoms with Crippen molar-refractivity contribution in [3.05, 3.63) is 24.3 Å². The van der Waals surface area contributed by atoms with Gasteiger partial charge in [-0.2, -0.15) is 10.2 Å². The standard InChI is InChI=1S/C8H10N8/c1-5-11-3-13-15(5)8-7(9-1)16-6(2-10-8)12-4-14-16/h3-4,7-10H,1-2H2/t7-,8-/m0/s1.